The molecule has 8 nitrogen and oxygen atoms in total. The van der Waals surface area contributed by atoms with Gasteiger partial charge in [0.25, 0.3) is 0 Å². The normalized spacial score (nSPS) is 21.1. The summed E-state index contributed by atoms with van der Waals surface area (Å²) in [4.78, 5) is 28.6. The minimum atomic E-state index is -0.00912. The molecule has 3 aromatic heterocycles. The topological polar surface area (TPSA) is 93.3 Å². The van der Waals surface area contributed by atoms with Gasteiger partial charge in [-0.05, 0) is 18.9 Å². The van der Waals surface area contributed by atoms with Gasteiger partial charge in [-0.15, -0.1) is 0 Å². The van der Waals surface area contributed by atoms with Crippen LogP contribution in [0.3, 0.4) is 0 Å². The fourth-order valence-electron chi connectivity index (χ4n) is 4.07. The summed E-state index contributed by atoms with van der Waals surface area (Å²) in [7, 11) is 0. The molecule has 1 unspecified atom stereocenters. The van der Waals surface area contributed by atoms with Gasteiger partial charge in [0.1, 0.15) is 5.82 Å². The van der Waals surface area contributed by atoms with E-state index in [1.807, 2.05) is 29.6 Å². The summed E-state index contributed by atoms with van der Waals surface area (Å²) >= 11 is 0. The fraction of sp³-hybridized carbons (Fsp3) is 0.444. The lowest BCUT2D eigenvalue weighted by Crippen LogP contribution is -2.56. The van der Waals surface area contributed by atoms with Crippen LogP contribution in [0, 0.1) is 17.2 Å². The zero-order valence-electron chi connectivity index (χ0n) is 14.3. The largest absolute Gasteiger partial charge is 0.345 e. The second-order valence-electron chi connectivity index (χ2n) is 7.15. The van der Waals surface area contributed by atoms with E-state index in [0.29, 0.717) is 19.6 Å². The molecule has 3 aromatic rings. The molecule has 26 heavy (non-hydrogen) atoms. The minimum absolute atomic E-state index is 0.00912. The highest BCUT2D eigenvalue weighted by Crippen LogP contribution is 2.29. The number of likely N-dealkylation sites (tertiary alicyclic amines) is 2. The second kappa shape index (κ2) is 5.73. The standard InChI is InChI=1S/C18H19N7O/c19-6-12-9-24(10-12)18(26)23-5-1-2-13(11-23)17-22-8-14-7-21-16-15(25(14)17)3-4-20-16/h3-4,7-8,12-13,20H,1-2,5,9-11H2. The minimum Gasteiger partial charge on any atom is -0.345 e. The first-order valence-electron chi connectivity index (χ1n) is 8.97. The molecule has 0 aliphatic carbocycles. The fourth-order valence-corrected chi connectivity index (χ4v) is 4.07. The van der Waals surface area contributed by atoms with E-state index in [2.05, 4.69) is 25.4 Å². The zero-order chi connectivity index (χ0) is 17.7. The van der Waals surface area contributed by atoms with Gasteiger partial charge in [-0.25, -0.2) is 14.8 Å². The van der Waals surface area contributed by atoms with Crippen LogP contribution in [-0.4, -0.2) is 61.4 Å². The van der Waals surface area contributed by atoms with Crippen molar-refractivity contribution >= 4 is 22.7 Å². The average molecular weight is 349 g/mol. The predicted molar refractivity (Wildman–Crippen MR) is 94.5 cm³/mol. The van der Waals surface area contributed by atoms with Crippen molar-refractivity contribution in [1.82, 2.24) is 29.2 Å². The molecule has 2 amide bonds. The van der Waals surface area contributed by atoms with E-state index < -0.39 is 0 Å². The van der Waals surface area contributed by atoms with Crippen LogP contribution in [0.4, 0.5) is 4.79 Å². The first-order valence-corrected chi connectivity index (χ1v) is 8.97. The van der Waals surface area contributed by atoms with E-state index in [1.165, 1.54) is 0 Å². The lowest BCUT2D eigenvalue weighted by molar-refractivity contribution is 0.0980. The van der Waals surface area contributed by atoms with Gasteiger partial charge >= 0.3 is 6.03 Å². The number of aromatic amines is 1. The van der Waals surface area contributed by atoms with Crippen LogP contribution in [0.1, 0.15) is 24.6 Å². The van der Waals surface area contributed by atoms with Crippen molar-refractivity contribution in [3.8, 4) is 6.07 Å². The number of hydrogen-bond acceptors (Lipinski definition) is 4. The quantitative estimate of drug-likeness (QED) is 0.727. The van der Waals surface area contributed by atoms with Crippen LogP contribution < -0.4 is 0 Å². The molecule has 2 aliphatic rings. The molecule has 8 heteroatoms. The Morgan fingerprint density at radius 3 is 2.92 bits per heavy atom. The molecule has 0 spiro atoms. The molecule has 5 heterocycles. The zero-order valence-corrected chi connectivity index (χ0v) is 14.3. The Labute approximate surface area is 150 Å². The molecule has 2 fully saturated rings. The van der Waals surface area contributed by atoms with Crippen LogP contribution in [0.5, 0.6) is 0 Å². The van der Waals surface area contributed by atoms with E-state index >= 15 is 0 Å². The van der Waals surface area contributed by atoms with E-state index in [0.717, 1.165) is 41.9 Å². The van der Waals surface area contributed by atoms with Crippen LogP contribution in [0.2, 0.25) is 0 Å². The van der Waals surface area contributed by atoms with Gasteiger partial charge in [0.05, 0.1) is 35.4 Å². The number of carbonyl (C=O) groups excluding carboxylic acids is 1. The number of aromatic nitrogens is 4. The van der Waals surface area contributed by atoms with Crippen molar-refractivity contribution in [3.05, 3.63) is 30.5 Å². The average Bonchev–Trinajstić information content (AvgIpc) is 3.26. The van der Waals surface area contributed by atoms with Crippen molar-refractivity contribution < 1.29 is 4.79 Å². The Hall–Kier alpha value is -3.08. The first kappa shape index (κ1) is 15.2. The highest BCUT2D eigenvalue weighted by Gasteiger charge is 2.36. The van der Waals surface area contributed by atoms with Crippen LogP contribution in [0.25, 0.3) is 16.7 Å². The van der Waals surface area contributed by atoms with Gasteiger partial charge in [-0.1, -0.05) is 0 Å². The van der Waals surface area contributed by atoms with Gasteiger partial charge < -0.3 is 14.8 Å². The van der Waals surface area contributed by atoms with E-state index in [-0.39, 0.29) is 17.9 Å². The predicted octanol–water partition coefficient (Wildman–Crippen LogP) is 1.97. The number of H-pyrrole nitrogens is 1. The summed E-state index contributed by atoms with van der Waals surface area (Å²) in [6.45, 7) is 2.55. The van der Waals surface area contributed by atoms with Gasteiger partial charge in [0.15, 0.2) is 5.65 Å². The van der Waals surface area contributed by atoms with Crippen molar-refractivity contribution in [2.45, 2.75) is 18.8 Å². The smallest absolute Gasteiger partial charge is 0.320 e. The number of nitriles is 1. The first-order chi connectivity index (χ1) is 12.7. The summed E-state index contributed by atoms with van der Waals surface area (Å²) in [5.74, 6) is 1.18. The molecular formula is C18H19N7O. The maximum Gasteiger partial charge on any atom is 0.320 e. The number of hydrogen-bond donors (Lipinski definition) is 1. The number of nitrogens with one attached hydrogen (secondary N) is 1. The number of amides is 2. The lowest BCUT2D eigenvalue weighted by Gasteiger charge is -2.41. The van der Waals surface area contributed by atoms with Crippen molar-refractivity contribution in [2.75, 3.05) is 26.2 Å². The third kappa shape index (κ3) is 2.24. The third-order valence-corrected chi connectivity index (χ3v) is 5.48. The van der Waals surface area contributed by atoms with Crippen molar-refractivity contribution in [3.63, 3.8) is 0 Å². The summed E-state index contributed by atoms with van der Waals surface area (Å²) in [6.07, 6.45) is 7.53. The molecule has 0 bridgehead atoms. The van der Waals surface area contributed by atoms with Crippen LogP contribution in [-0.2, 0) is 0 Å². The monoisotopic (exact) mass is 349 g/mol. The Morgan fingerprint density at radius 1 is 1.23 bits per heavy atom. The highest BCUT2D eigenvalue weighted by atomic mass is 16.2. The van der Waals surface area contributed by atoms with E-state index in [9.17, 15) is 4.79 Å². The molecule has 0 aromatic carbocycles. The van der Waals surface area contributed by atoms with E-state index in [4.69, 9.17) is 5.26 Å². The summed E-state index contributed by atoms with van der Waals surface area (Å²) in [6, 6.07) is 4.28. The lowest BCUT2D eigenvalue weighted by atomic mass is 9.96. The van der Waals surface area contributed by atoms with Gasteiger partial charge in [0, 0.05) is 38.3 Å². The molecular weight excluding hydrogens is 330 g/mol. The van der Waals surface area contributed by atoms with Crippen molar-refractivity contribution in [1.29, 1.82) is 5.26 Å². The van der Waals surface area contributed by atoms with Crippen LogP contribution in [0.15, 0.2) is 24.7 Å². The highest BCUT2D eigenvalue weighted by molar-refractivity contribution is 5.76. The molecule has 5 rings (SSSR count). The van der Waals surface area contributed by atoms with Crippen LogP contribution >= 0.6 is 0 Å². The maximum absolute atomic E-state index is 12.7. The van der Waals surface area contributed by atoms with Gasteiger partial charge in [-0.2, -0.15) is 5.26 Å². The Morgan fingerprint density at radius 2 is 2.08 bits per heavy atom. The number of piperidine rings is 1. The third-order valence-electron chi connectivity index (χ3n) is 5.48. The number of urea groups is 1. The Kier molecular flexibility index (Phi) is 3.35. The second-order valence-corrected chi connectivity index (χ2v) is 7.15. The number of fused-ring (bicyclic) bond motifs is 3. The van der Waals surface area contributed by atoms with Gasteiger partial charge in [-0.3, -0.25) is 4.40 Å². The number of imidazole rings is 1. The molecule has 1 atom stereocenters. The molecule has 0 radical (unpaired) electrons. The number of nitrogens with zero attached hydrogens (tertiary/aromatic N) is 6. The number of carbonyl (C=O) groups is 1. The molecule has 0 saturated carbocycles. The summed E-state index contributed by atoms with van der Waals surface area (Å²) in [5.41, 5.74) is 2.82. The maximum atomic E-state index is 12.7. The van der Waals surface area contributed by atoms with Crippen molar-refractivity contribution in [2.24, 2.45) is 5.92 Å². The van der Waals surface area contributed by atoms with Gasteiger partial charge in [0.2, 0.25) is 0 Å². The summed E-state index contributed by atoms with van der Waals surface area (Å²) in [5, 5.41) is 8.91. The molecule has 2 aliphatic heterocycles. The SMILES string of the molecule is N#CC1CN(C(=O)N2CCCC(c3ncc4cnc5[nH]ccc5n34)C2)C1. The Balaban J connectivity index is 1.42. The molecule has 2 saturated heterocycles. The molecule has 1 N–H and O–H groups in total. The molecule has 132 valence electrons. The van der Waals surface area contributed by atoms with E-state index in [1.54, 1.807) is 4.90 Å². The Bertz CT molecular complexity index is 1020. The number of rotatable bonds is 1. The summed E-state index contributed by atoms with van der Waals surface area (Å²) < 4.78 is 2.15.